The summed E-state index contributed by atoms with van der Waals surface area (Å²) in [6, 6.07) is 32.2. The van der Waals surface area contributed by atoms with Gasteiger partial charge in [0.1, 0.15) is 22.6 Å². The van der Waals surface area contributed by atoms with E-state index >= 15 is 0 Å². The van der Waals surface area contributed by atoms with Crippen molar-refractivity contribution in [3.05, 3.63) is 219 Å². The summed E-state index contributed by atoms with van der Waals surface area (Å²) >= 11 is 0. The van der Waals surface area contributed by atoms with Gasteiger partial charge < -0.3 is 19.9 Å². The highest BCUT2D eigenvalue weighted by molar-refractivity contribution is 6.08. The van der Waals surface area contributed by atoms with Crippen LogP contribution in [0.25, 0.3) is 133 Å². The molecule has 0 fully saturated rings. The maximum Gasteiger partial charge on any atom is 0.213 e. The SMILES string of the molecule is Fc1cc(-c2ccc3c(n2)[nH]c2ccncc23)ccn1.Fc1cnccc1-c1ccc2c(n1)[nH]c1ccncc12.[18F]c1cc(-c2ccc3c(n2)[nH]c2ccncc23)ccn1.[18F]c1cnccc1-c1ccc2c(n1)[nH]c1ccncc12. The second-order valence-corrected chi connectivity index (χ2v) is 18.0. The summed E-state index contributed by atoms with van der Waals surface area (Å²) in [5.74, 6) is -1.77. The molecule has 0 unspecified atom stereocenters. The zero-order chi connectivity index (χ0) is 54.1. The Morgan fingerprint density at radius 1 is 0.275 bits per heavy atom. The number of rotatable bonds is 4. The first-order chi connectivity index (χ1) is 39.3. The van der Waals surface area contributed by atoms with Crippen molar-refractivity contribution in [2.75, 3.05) is 0 Å². The normalized spacial score (nSPS) is 11.2. The van der Waals surface area contributed by atoms with E-state index in [9.17, 15) is 17.6 Å². The predicted molar refractivity (Wildman–Crippen MR) is 298 cm³/mol. The first-order valence-corrected chi connectivity index (χ1v) is 24.6. The number of hydrogen-bond donors (Lipinski definition) is 4. The molecule has 16 rings (SSSR count). The highest BCUT2D eigenvalue weighted by Gasteiger charge is 2.14. The molecule has 80 heavy (non-hydrogen) atoms. The molecule has 16 aromatic heterocycles. The third kappa shape index (κ3) is 9.44. The molecule has 0 saturated heterocycles. The van der Waals surface area contributed by atoms with Gasteiger partial charge in [-0.05, 0) is 97.1 Å². The number of aromatic amines is 4. The Hall–Kier alpha value is -11.3. The van der Waals surface area contributed by atoms with Gasteiger partial charge in [0.05, 0.1) is 57.2 Å². The van der Waals surface area contributed by atoms with Crippen LogP contribution in [0, 0.1) is 23.5 Å². The Balaban J connectivity index is 0.000000101. The number of aromatic nitrogens is 16. The number of nitrogens with one attached hydrogen (secondary N) is 4. The summed E-state index contributed by atoms with van der Waals surface area (Å²) in [7, 11) is 0. The second-order valence-electron chi connectivity index (χ2n) is 18.0. The van der Waals surface area contributed by atoms with Gasteiger partial charge in [0.15, 0.2) is 11.6 Å². The second kappa shape index (κ2) is 20.7. The van der Waals surface area contributed by atoms with Crippen LogP contribution in [0.5, 0.6) is 0 Å². The third-order valence-electron chi connectivity index (χ3n) is 13.2. The molecule has 20 heteroatoms. The fourth-order valence-corrected chi connectivity index (χ4v) is 9.38. The number of H-pyrrole nitrogens is 4. The van der Waals surface area contributed by atoms with Crippen LogP contribution in [-0.4, -0.2) is 79.7 Å². The van der Waals surface area contributed by atoms with Gasteiger partial charge in [-0.1, -0.05) is 0 Å². The minimum atomic E-state index is -0.509. The third-order valence-corrected chi connectivity index (χ3v) is 13.2. The fourth-order valence-electron chi connectivity index (χ4n) is 9.38. The lowest BCUT2D eigenvalue weighted by atomic mass is 10.1. The summed E-state index contributed by atoms with van der Waals surface area (Å²) in [4.78, 5) is 62.1. The Bertz CT molecular complexity index is 4650. The molecule has 0 spiro atoms. The predicted octanol–water partition coefficient (Wildman–Crippen LogP) is 13.2. The number of pyridine rings is 12. The van der Waals surface area contributed by atoms with Crippen molar-refractivity contribution in [3.63, 3.8) is 0 Å². The monoisotopic (exact) mass is 1050 g/mol. The van der Waals surface area contributed by atoms with Crippen LogP contribution >= 0.6 is 0 Å². The minimum Gasteiger partial charge on any atom is -0.339 e. The average molecular weight is 1060 g/mol. The molecular weight excluding hydrogens is 1020 g/mol. The lowest BCUT2D eigenvalue weighted by Gasteiger charge is -2.01. The zero-order valence-corrected chi connectivity index (χ0v) is 41.4. The molecule has 384 valence electrons. The van der Waals surface area contributed by atoms with Crippen LogP contribution in [0.1, 0.15) is 0 Å². The van der Waals surface area contributed by atoms with Crippen molar-refractivity contribution in [1.82, 2.24) is 79.7 Å². The number of nitrogens with zero attached hydrogens (tertiary/aromatic N) is 12. The Morgan fingerprint density at radius 3 is 0.900 bits per heavy atom. The van der Waals surface area contributed by atoms with Gasteiger partial charge in [0, 0.05) is 152 Å². The molecule has 0 amide bonds. The quantitative estimate of drug-likeness (QED) is 0.0956. The smallest absolute Gasteiger partial charge is 0.213 e. The molecule has 0 radical (unpaired) electrons. The molecule has 0 aliphatic rings. The van der Waals surface area contributed by atoms with Gasteiger partial charge in [-0.25, -0.2) is 38.7 Å². The van der Waals surface area contributed by atoms with Gasteiger partial charge in [-0.15, -0.1) is 0 Å². The van der Waals surface area contributed by atoms with E-state index in [0.29, 0.717) is 45.0 Å². The highest BCUT2D eigenvalue weighted by atomic mass is 19.1. The van der Waals surface area contributed by atoms with E-state index in [1.807, 2.05) is 73.1 Å². The Kier molecular flexibility index (Phi) is 12.5. The lowest BCUT2D eigenvalue weighted by Crippen LogP contribution is -1.89. The number of hydrogen-bond acceptors (Lipinski definition) is 12. The summed E-state index contributed by atoms with van der Waals surface area (Å²) in [5, 5.41) is 8.05. The molecule has 0 saturated carbocycles. The van der Waals surface area contributed by atoms with E-state index in [1.165, 1.54) is 36.9 Å². The van der Waals surface area contributed by atoms with Crippen LogP contribution in [0.4, 0.5) is 17.6 Å². The maximum atomic E-state index is 13.8. The Labute approximate surface area is 447 Å². The standard InChI is InChI=1S/4C15H9FN4/c2*16-14-7-9(3-6-18-14)12-2-1-10-11-8-17-5-4-13(11)20-15(10)19-12;2*16-12-8-18-5-3-10(12)13-2-1-9-11-7-17-6-4-14(11)20-15(9)19-13/h4*1-8H,(H,19,20)/i16-1;;16-1;. The van der Waals surface area contributed by atoms with Crippen LogP contribution in [0.15, 0.2) is 196 Å². The fraction of sp³-hybridized carbons (Fsp3) is 0. The van der Waals surface area contributed by atoms with Crippen LogP contribution in [0.3, 0.4) is 0 Å². The van der Waals surface area contributed by atoms with Crippen LogP contribution < -0.4 is 0 Å². The van der Waals surface area contributed by atoms with E-state index in [4.69, 9.17) is 0 Å². The van der Waals surface area contributed by atoms with Gasteiger partial charge in [-0.2, -0.15) is 8.78 Å². The molecule has 0 aliphatic carbocycles. The summed E-state index contributed by atoms with van der Waals surface area (Å²) < 4.78 is 53.9. The van der Waals surface area contributed by atoms with Crippen LogP contribution in [0.2, 0.25) is 0 Å². The van der Waals surface area contributed by atoms with Gasteiger partial charge in [-0.3, -0.25) is 29.9 Å². The van der Waals surface area contributed by atoms with Gasteiger partial charge in [0.2, 0.25) is 11.9 Å². The topological polar surface area (TPSA) is 218 Å². The molecule has 0 bridgehead atoms. The molecule has 16 nitrogen and oxygen atoms in total. The van der Waals surface area contributed by atoms with E-state index in [0.717, 1.165) is 87.7 Å². The summed E-state index contributed by atoms with van der Waals surface area (Å²) in [6.07, 6.45) is 22.5. The van der Waals surface area contributed by atoms with Crippen molar-refractivity contribution in [3.8, 4) is 45.0 Å². The number of fused-ring (bicyclic) bond motifs is 12. The summed E-state index contributed by atoms with van der Waals surface area (Å²) in [6.45, 7) is 0. The molecular formula is C60H36F4N16. The zero-order valence-electron chi connectivity index (χ0n) is 41.4. The first-order valence-electron chi connectivity index (χ1n) is 24.6. The van der Waals surface area contributed by atoms with E-state index in [1.54, 1.807) is 86.0 Å². The van der Waals surface area contributed by atoms with Crippen molar-refractivity contribution in [2.24, 2.45) is 0 Å². The van der Waals surface area contributed by atoms with Gasteiger partial charge in [0.25, 0.3) is 0 Å². The van der Waals surface area contributed by atoms with Crippen molar-refractivity contribution < 1.29 is 17.6 Å². The van der Waals surface area contributed by atoms with Crippen LogP contribution in [-0.2, 0) is 0 Å². The lowest BCUT2D eigenvalue weighted by molar-refractivity contribution is 0.584. The number of halogens is 4. The average Bonchev–Trinajstić information content (AvgIpc) is 4.30. The molecule has 4 N–H and O–H groups in total. The first kappa shape index (κ1) is 48.4. The van der Waals surface area contributed by atoms with Crippen molar-refractivity contribution in [2.45, 2.75) is 0 Å². The largest absolute Gasteiger partial charge is 0.339 e. The maximum absolute atomic E-state index is 13.8. The molecule has 0 aromatic carbocycles. The van der Waals surface area contributed by atoms with E-state index in [2.05, 4.69) is 79.7 Å². The molecule has 16 aromatic rings. The highest BCUT2D eigenvalue weighted by Crippen LogP contribution is 2.31. The van der Waals surface area contributed by atoms with E-state index < -0.39 is 11.9 Å². The molecule has 16 heterocycles. The summed E-state index contributed by atoms with van der Waals surface area (Å²) in [5.41, 5.74) is 11.8. The molecule has 0 aliphatic heterocycles. The van der Waals surface area contributed by atoms with Crippen molar-refractivity contribution in [1.29, 1.82) is 0 Å². The minimum absolute atomic E-state index is 0.378. The van der Waals surface area contributed by atoms with E-state index in [-0.39, 0.29) is 11.6 Å². The molecule has 0 atom stereocenters. The van der Waals surface area contributed by atoms with Gasteiger partial charge >= 0.3 is 0 Å². The van der Waals surface area contributed by atoms with Crippen molar-refractivity contribution >= 4 is 87.7 Å². The Morgan fingerprint density at radius 2 is 0.575 bits per heavy atom.